The first-order valence-corrected chi connectivity index (χ1v) is 12.4. The number of H-pyrrole nitrogens is 1. The highest BCUT2D eigenvalue weighted by molar-refractivity contribution is 5.91. The minimum Gasteiger partial charge on any atom is -0.381 e. The van der Waals surface area contributed by atoms with Crippen molar-refractivity contribution in [2.45, 2.75) is 52.0 Å². The lowest BCUT2D eigenvalue weighted by Crippen LogP contribution is -2.50. The summed E-state index contributed by atoms with van der Waals surface area (Å²) >= 11 is 0. The fourth-order valence-corrected chi connectivity index (χ4v) is 4.03. The van der Waals surface area contributed by atoms with E-state index in [1.165, 1.54) is 0 Å². The second kappa shape index (κ2) is 15.9. The first-order chi connectivity index (χ1) is 17.3. The van der Waals surface area contributed by atoms with Gasteiger partial charge in [0.05, 0.1) is 0 Å². The van der Waals surface area contributed by atoms with Crippen molar-refractivity contribution in [3.63, 3.8) is 0 Å². The number of carbonyl (C=O) groups excluding carboxylic acids is 3. The molecule has 1 heterocycles. The van der Waals surface area contributed by atoms with E-state index in [9.17, 15) is 14.4 Å². The van der Waals surface area contributed by atoms with Gasteiger partial charge in [-0.2, -0.15) is 0 Å². The maximum absolute atomic E-state index is 13.1. The molecule has 198 valence electrons. The zero-order valence-corrected chi connectivity index (χ0v) is 21.1. The Balaban J connectivity index is 2.06. The second-order valence-electron chi connectivity index (χ2n) is 9.26. The van der Waals surface area contributed by atoms with Crippen LogP contribution in [0.3, 0.4) is 0 Å². The quantitative estimate of drug-likeness (QED) is 0.0846. The van der Waals surface area contributed by atoms with Gasteiger partial charge in [0.25, 0.3) is 0 Å². The summed E-state index contributed by atoms with van der Waals surface area (Å²) in [5.74, 6) is -1.88. The largest absolute Gasteiger partial charge is 0.381 e. The van der Waals surface area contributed by atoms with E-state index in [1.807, 2.05) is 44.3 Å². The summed E-state index contributed by atoms with van der Waals surface area (Å²) in [5, 5.41) is 18.2. The van der Waals surface area contributed by atoms with E-state index >= 15 is 0 Å². The molecular formula is C26H39N5O5. The Labute approximate surface area is 212 Å². The third-order valence-corrected chi connectivity index (χ3v) is 5.79. The molecule has 1 aromatic heterocycles. The van der Waals surface area contributed by atoms with E-state index in [0.29, 0.717) is 39.1 Å². The van der Waals surface area contributed by atoms with Gasteiger partial charge in [-0.1, -0.05) is 32.0 Å². The molecule has 1 aromatic carbocycles. The standard InChI is InChI=1S/C26H39N5O5/c1-18(2)14-19(16-24(32)31-35)25(33)30-23(15-20-17-29-22-9-5-4-8-21(20)22)26(34)28-11-7-13-36-12-6-10-27-3/h3-5,8-9,17-19,23,27,29,35H,6-7,10-16H2,1-2H3,(H,28,34)(H,30,33)(H,31,32)/t19-,23?/m1/s1. The lowest BCUT2D eigenvalue weighted by Gasteiger charge is -2.23. The third-order valence-electron chi connectivity index (χ3n) is 5.79. The van der Waals surface area contributed by atoms with Crippen LogP contribution >= 0.6 is 0 Å². The molecule has 3 amide bonds. The van der Waals surface area contributed by atoms with Gasteiger partial charge in [0, 0.05) is 62.7 Å². The first-order valence-electron chi connectivity index (χ1n) is 12.4. The number of amides is 3. The summed E-state index contributed by atoms with van der Waals surface area (Å²) in [6.07, 6.45) is 3.82. The number of para-hydroxylation sites is 1. The van der Waals surface area contributed by atoms with Crippen LogP contribution in [0.25, 0.3) is 10.9 Å². The Morgan fingerprint density at radius 1 is 1.08 bits per heavy atom. The predicted octanol–water partition coefficient (Wildman–Crippen LogP) is 1.92. The smallest absolute Gasteiger partial charge is 0.244 e. The van der Waals surface area contributed by atoms with Crippen molar-refractivity contribution in [3.8, 4) is 0 Å². The molecule has 1 unspecified atom stereocenters. The summed E-state index contributed by atoms with van der Waals surface area (Å²) < 4.78 is 5.51. The van der Waals surface area contributed by atoms with Gasteiger partial charge in [-0.05, 0) is 43.4 Å². The number of carbonyl (C=O) groups is 3. The molecule has 0 saturated carbocycles. The number of fused-ring (bicyclic) bond motifs is 1. The Kier molecular flexibility index (Phi) is 13.0. The molecule has 36 heavy (non-hydrogen) atoms. The lowest BCUT2D eigenvalue weighted by molar-refractivity contribution is -0.136. The SMILES string of the molecule is [CH]NCCCOCCCNC(=O)C(Cc1c[nH]c2ccccc12)NC(=O)[C@@H](CC(=O)NO)CC(C)C. The van der Waals surface area contributed by atoms with E-state index in [1.54, 1.807) is 5.48 Å². The van der Waals surface area contributed by atoms with Crippen molar-refractivity contribution in [1.82, 2.24) is 26.4 Å². The topological polar surface area (TPSA) is 145 Å². The Hall–Kier alpha value is -2.95. The highest BCUT2D eigenvalue weighted by Crippen LogP contribution is 2.20. The Bertz CT molecular complexity index is 961. The van der Waals surface area contributed by atoms with Crippen LogP contribution in [0.5, 0.6) is 0 Å². The molecule has 2 aromatic rings. The van der Waals surface area contributed by atoms with Gasteiger partial charge in [-0.25, -0.2) is 5.48 Å². The van der Waals surface area contributed by atoms with Gasteiger partial charge in [0.15, 0.2) is 0 Å². The molecular weight excluding hydrogens is 462 g/mol. The Morgan fingerprint density at radius 3 is 2.50 bits per heavy atom. The molecule has 2 radical (unpaired) electrons. The molecule has 0 saturated heterocycles. The van der Waals surface area contributed by atoms with Crippen molar-refractivity contribution in [1.29, 1.82) is 0 Å². The van der Waals surface area contributed by atoms with Crippen molar-refractivity contribution in [3.05, 3.63) is 43.1 Å². The number of rotatable bonds is 17. The van der Waals surface area contributed by atoms with Gasteiger partial charge >= 0.3 is 0 Å². The fourth-order valence-electron chi connectivity index (χ4n) is 4.03. The van der Waals surface area contributed by atoms with Gasteiger partial charge < -0.3 is 25.7 Å². The first kappa shape index (κ1) is 29.3. The number of aromatic amines is 1. The number of aromatic nitrogens is 1. The molecule has 0 aliphatic carbocycles. The fraction of sp³-hybridized carbons (Fsp3) is 0.538. The van der Waals surface area contributed by atoms with Crippen molar-refractivity contribution in [2.24, 2.45) is 11.8 Å². The minimum absolute atomic E-state index is 0.147. The molecule has 0 aliphatic heterocycles. The summed E-state index contributed by atoms with van der Waals surface area (Å²) in [5.41, 5.74) is 3.43. The average Bonchev–Trinajstić information content (AvgIpc) is 3.27. The summed E-state index contributed by atoms with van der Waals surface area (Å²) in [7, 11) is 5.22. The van der Waals surface area contributed by atoms with Crippen LogP contribution in [-0.2, 0) is 25.5 Å². The zero-order valence-electron chi connectivity index (χ0n) is 21.1. The van der Waals surface area contributed by atoms with Crippen LogP contribution < -0.4 is 21.4 Å². The Morgan fingerprint density at radius 2 is 1.81 bits per heavy atom. The van der Waals surface area contributed by atoms with E-state index < -0.39 is 23.8 Å². The van der Waals surface area contributed by atoms with Gasteiger partial charge in [0.1, 0.15) is 6.04 Å². The van der Waals surface area contributed by atoms with Crippen LogP contribution in [-0.4, -0.2) is 60.3 Å². The van der Waals surface area contributed by atoms with Crippen molar-refractivity contribution < 1.29 is 24.3 Å². The van der Waals surface area contributed by atoms with Crippen molar-refractivity contribution >= 4 is 28.6 Å². The van der Waals surface area contributed by atoms with Gasteiger partial charge in [0.2, 0.25) is 17.7 Å². The molecule has 2 atom stereocenters. The second-order valence-corrected chi connectivity index (χ2v) is 9.26. The number of hydrogen-bond donors (Lipinski definition) is 6. The van der Waals surface area contributed by atoms with E-state index in [0.717, 1.165) is 22.9 Å². The van der Waals surface area contributed by atoms with Gasteiger partial charge in [-0.3, -0.25) is 19.6 Å². The number of hydrogen-bond acceptors (Lipinski definition) is 6. The lowest BCUT2D eigenvalue weighted by atomic mass is 9.92. The molecule has 10 nitrogen and oxygen atoms in total. The van der Waals surface area contributed by atoms with Gasteiger partial charge in [-0.15, -0.1) is 0 Å². The zero-order chi connectivity index (χ0) is 26.3. The normalized spacial score (nSPS) is 12.9. The van der Waals surface area contributed by atoms with Crippen LogP contribution in [0.4, 0.5) is 0 Å². The molecule has 0 fully saturated rings. The monoisotopic (exact) mass is 501 g/mol. The van der Waals surface area contributed by atoms with Crippen LogP contribution in [0.2, 0.25) is 0 Å². The van der Waals surface area contributed by atoms with Crippen LogP contribution in [0.15, 0.2) is 30.5 Å². The molecule has 6 N–H and O–H groups in total. The molecule has 0 aliphatic rings. The molecule has 0 spiro atoms. The molecule has 2 rings (SSSR count). The average molecular weight is 502 g/mol. The van der Waals surface area contributed by atoms with Crippen LogP contribution in [0.1, 0.15) is 45.1 Å². The number of benzene rings is 1. The third kappa shape index (κ3) is 9.96. The number of ether oxygens (including phenoxy) is 1. The summed E-state index contributed by atoms with van der Waals surface area (Å²) in [4.78, 5) is 41.2. The maximum atomic E-state index is 13.1. The van der Waals surface area contributed by atoms with Crippen LogP contribution in [0, 0.1) is 18.9 Å². The highest BCUT2D eigenvalue weighted by atomic mass is 16.5. The summed E-state index contributed by atoms with van der Waals surface area (Å²) in [6, 6.07) is 6.92. The number of nitrogens with one attached hydrogen (secondary N) is 5. The van der Waals surface area contributed by atoms with Crippen molar-refractivity contribution in [2.75, 3.05) is 26.3 Å². The predicted molar refractivity (Wildman–Crippen MR) is 137 cm³/mol. The minimum atomic E-state index is -0.833. The molecule has 10 heteroatoms. The molecule has 0 bridgehead atoms. The summed E-state index contributed by atoms with van der Waals surface area (Å²) in [6.45, 7) is 6.04. The maximum Gasteiger partial charge on any atom is 0.244 e. The number of hydroxylamine groups is 1. The van der Waals surface area contributed by atoms with E-state index in [2.05, 4.69) is 20.9 Å². The highest BCUT2D eigenvalue weighted by Gasteiger charge is 2.28. The van der Waals surface area contributed by atoms with E-state index in [4.69, 9.17) is 17.0 Å². The van der Waals surface area contributed by atoms with E-state index in [-0.39, 0.29) is 24.7 Å².